The Morgan fingerprint density at radius 3 is 2.42 bits per heavy atom. The van der Waals surface area contributed by atoms with Gasteiger partial charge < -0.3 is 9.84 Å². The number of rotatable bonds is 4. The van der Waals surface area contributed by atoms with Gasteiger partial charge in [-0.05, 0) is 35.9 Å². The van der Waals surface area contributed by atoms with Gasteiger partial charge in [0, 0.05) is 11.1 Å². The molecule has 1 aliphatic heterocycles. The first kappa shape index (κ1) is 16.6. The molecule has 2 heterocycles. The molecule has 1 atom stereocenters. The average Bonchev–Trinajstić information content (AvgIpc) is 3.04. The second-order valence-electron chi connectivity index (χ2n) is 5.64. The van der Waals surface area contributed by atoms with Gasteiger partial charge >= 0.3 is 0 Å². The van der Waals surface area contributed by atoms with Crippen LogP contribution >= 0.6 is 11.8 Å². The maximum atomic E-state index is 10.2. The number of benzene rings is 2. The van der Waals surface area contributed by atoms with Crippen LogP contribution in [0.1, 0.15) is 11.1 Å². The lowest BCUT2D eigenvalue weighted by Crippen LogP contribution is -2.12. The first-order valence-electron chi connectivity index (χ1n) is 8.18. The summed E-state index contributed by atoms with van der Waals surface area (Å²) in [7, 11) is 0. The fourth-order valence-corrected chi connectivity index (χ4v) is 3.44. The first-order chi connectivity index (χ1) is 12.8. The Labute approximate surface area is 155 Å². The van der Waals surface area contributed by atoms with Crippen molar-refractivity contribution >= 4 is 23.7 Å². The molecule has 128 valence electrons. The normalized spacial score (nSPS) is 17.8. The summed E-state index contributed by atoms with van der Waals surface area (Å²) < 4.78 is 5.59. The van der Waals surface area contributed by atoms with Crippen molar-refractivity contribution in [3.63, 3.8) is 0 Å². The quantitative estimate of drug-likeness (QED) is 0.751. The second kappa shape index (κ2) is 7.56. The molecule has 5 heteroatoms. The third-order valence-electron chi connectivity index (χ3n) is 3.78. The van der Waals surface area contributed by atoms with Crippen LogP contribution < -0.4 is 0 Å². The topological polar surface area (TPSA) is 54.7 Å². The van der Waals surface area contributed by atoms with E-state index in [9.17, 15) is 5.11 Å². The highest BCUT2D eigenvalue weighted by atomic mass is 32.2. The molecule has 26 heavy (non-hydrogen) atoms. The fourth-order valence-electron chi connectivity index (χ4n) is 2.55. The Bertz CT molecular complexity index is 956. The lowest BCUT2D eigenvalue weighted by atomic mass is 10.2. The summed E-state index contributed by atoms with van der Waals surface area (Å²) in [6.07, 6.45) is 2.47. The molecule has 0 fully saturated rings. The van der Waals surface area contributed by atoms with Crippen molar-refractivity contribution in [2.75, 3.05) is 0 Å². The van der Waals surface area contributed by atoms with Crippen LogP contribution in [0.3, 0.4) is 0 Å². The van der Waals surface area contributed by atoms with Crippen molar-refractivity contribution in [3.8, 4) is 0 Å². The average molecular weight is 360 g/mol. The van der Waals surface area contributed by atoms with Gasteiger partial charge in [0.15, 0.2) is 0 Å². The van der Waals surface area contributed by atoms with E-state index >= 15 is 0 Å². The molecular formula is C21H16N2O2S. The first-order valence-corrected chi connectivity index (χ1v) is 8.99. The molecule has 2 aromatic carbocycles. The maximum Gasteiger partial charge on any atom is 0.243 e. The summed E-state index contributed by atoms with van der Waals surface area (Å²) in [5.41, 5.74) is 2.20. The van der Waals surface area contributed by atoms with Crippen molar-refractivity contribution in [1.82, 2.24) is 4.98 Å². The minimum absolute atomic E-state index is 0.381. The van der Waals surface area contributed by atoms with Crippen LogP contribution in [0.25, 0.3) is 6.08 Å². The van der Waals surface area contributed by atoms with E-state index in [0.29, 0.717) is 11.6 Å². The van der Waals surface area contributed by atoms with Gasteiger partial charge in [-0.3, -0.25) is 0 Å². The van der Waals surface area contributed by atoms with Gasteiger partial charge in [-0.15, -0.1) is 0 Å². The molecule has 0 bridgehead atoms. The van der Waals surface area contributed by atoms with Crippen LogP contribution in [0.15, 0.2) is 99.6 Å². The Kier molecular flexibility index (Phi) is 4.82. The second-order valence-corrected chi connectivity index (χ2v) is 6.70. The van der Waals surface area contributed by atoms with Crippen LogP contribution in [0.5, 0.6) is 0 Å². The van der Waals surface area contributed by atoms with Gasteiger partial charge in [0.2, 0.25) is 12.2 Å². The van der Waals surface area contributed by atoms with Crippen molar-refractivity contribution in [1.29, 1.82) is 0 Å². The third-order valence-corrected chi connectivity index (χ3v) is 4.81. The zero-order chi connectivity index (χ0) is 17.8. The van der Waals surface area contributed by atoms with Gasteiger partial charge in [0.25, 0.3) is 0 Å². The number of ether oxygens (including phenoxy) is 1. The van der Waals surface area contributed by atoms with Crippen molar-refractivity contribution in [3.05, 3.63) is 95.8 Å². The van der Waals surface area contributed by atoms with E-state index in [0.717, 1.165) is 21.0 Å². The minimum atomic E-state index is -1.08. The number of aliphatic imine (C=N–C) groups is 1. The molecule has 0 aliphatic carbocycles. The van der Waals surface area contributed by atoms with E-state index in [1.807, 2.05) is 78.9 Å². The Morgan fingerprint density at radius 1 is 0.923 bits per heavy atom. The number of hydrogen-bond acceptors (Lipinski definition) is 5. The Hall–Kier alpha value is -2.89. The van der Waals surface area contributed by atoms with Crippen LogP contribution in [-0.4, -0.2) is 22.3 Å². The number of aliphatic hydroxyl groups is 1. The standard InChI is InChI=1S/C21H16N2O2S/c24-21-18(14-15-8-3-1-4-9-15)23-19(25-21)17-12-7-13-22-20(17)26-16-10-5-2-6-11-16/h1-14,21,24H/b18-14-. The zero-order valence-electron chi connectivity index (χ0n) is 13.8. The van der Waals surface area contributed by atoms with E-state index in [1.165, 1.54) is 11.8 Å². The molecule has 1 N–H and O–H groups in total. The van der Waals surface area contributed by atoms with E-state index in [-0.39, 0.29) is 0 Å². The fraction of sp³-hybridized carbons (Fsp3) is 0.0476. The minimum Gasteiger partial charge on any atom is -0.441 e. The van der Waals surface area contributed by atoms with E-state index in [4.69, 9.17) is 4.74 Å². The predicted octanol–water partition coefficient (Wildman–Crippen LogP) is 4.37. The molecule has 4 rings (SSSR count). The van der Waals surface area contributed by atoms with E-state index < -0.39 is 6.29 Å². The van der Waals surface area contributed by atoms with Crippen LogP contribution in [0, 0.1) is 0 Å². The molecule has 0 amide bonds. The summed E-state index contributed by atoms with van der Waals surface area (Å²) in [6, 6.07) is 23.5. The van der Waals surface area contributed by atoms with Gasteiger partial charge in [-0.25, -0.2) is 9.98 Å². The largest absolute Gasteiger partial charge is 0.441 e. The van der Waals surface area contributed by atoms with Crippen molar-refractivity contribution in [2.24, 2.45) is 4.99 Å². The molecule has 4 nitrogen and oxygen atoms in total. The molecule has 0 spiro atoms. The molecule has 0 saturated heterocycles. The number of nitrogens with zero attached hydrogens (tertiary/aromatic N) is 2. The van der Waals surface area contributed by atoms with Gasteiger partial charge in [-0.1, -0.05) is 60.3 Å². The van der Waals surface area contributed by atoms with Crippen LogP contribution in [0.2, 0.25) is 0 Å². The summed E-state index contributed by atoms with van der Waals surface area (Å²) in [5, 5.41) is 11.0. The number of aliphatic hydroxyl groups excluding tert-OH is 1. The molecule has 0 radical (unpaired) electrons. The summed E-state index contributed by atoms with van der Waals surface area (Å²) in [6.45, 7) is 0. The van der Waals surface area contributed by atoms with Crippen LogP contribution in [-0.2, 0) is 4.74 Å². The molecular weight excluding hydrogens is 344 g/mol. The summed E-state index contributed by atoms with van der Waals surface area (Å²) in [4.78, 5) is 10.0. The van der Waals surface area contributed by atoms with Gasteiger partial charge in [-0.2, -0.15) is 0 Å². The smallest absolute Gasteiger partial charge is 0.243 e. The number of pyridine rings is 1. The highest BCUT2D eigenvalue weighted by molar-refractivity contribution is 7.99. The van der Waals surface area contributed by atoms with Crippen molar-refractivity contribution < 1.29 is 9.84 Å². The summed E-state index contributed by atoms with van der Waals surface area (Å²) >= 11 is 1.53. The highest BCUT2D eigenvalue weighted by Gasteiger charge is 2.26. The Balaban J connectivity index is 1.66. The number of hydrogen-bond donors (Lipinski definition) is 1. The SMILES string of the molecule is OC1OC(c2cccnc2Sc2ccccc2)=N/C1=C\c1ccccc1. The maximum absolute atomic E-state index is 10.2. The van der Waals surface area contributed by atoms with Gasteiger partial charge in [0.1, 0.15) is 10.7 Å². The van der Waals surface area contributed by atoms with Crippen molar-refractivity contribution in [2.45, 2.75) is 16.2 Å². The Morgan fingerprint density at radius 2 is 1.65 bits per heavy atom. The molecule has 1 unspecified atom stereocenters. The molecule has 1 aliphatic rings. The zero-order valence-corrected chi connectivity index (χ0v) is 14.6. The number of aromatic nitrogens is 1. The lowest BCUT2D eigenvalue weighted by molar-refractivity contribution is 0.0176. The molecule has 3 aromatic rings. The molecule has 1 aromatic heterocycles. The lowest BCUT2D eigenvalue weighted by Gasteiger charge is -2.09. The van der Waals surface area contributed by atoms with E-state index in [2.05, 4.69) is 9.98 Å². The van der Waals surface area contributed by atoms with Crippen LogP contribution in [0.4, 0.5) is 0 Å². The monoisotopic (exact) mass is 360 g/mol. The molecule has 0 saturated carbocycles. The highest BCUT2D eigenvalue weighted by Crippen LogP contribution is 2.31. The third kappa shape index (κ3) is 3.69. The summed E-state index contributed by atoms with van der Waals surface area (Å²) in [5.74, 6) is 0.381. The van der Waals surface area contributed by atoms with Gasteiger partial charge in [0.05, 0.1) is 5.56 Å². The predicted molar refractivity (Wildman–Crippen MR) is 103 cm³/mol. The van der Waals surface area contributed by atoms with E-state index in [1.54, 1.807) is 6.20 Å².